The van der Waals surface area contributed by atoms with E-state index in [-0.39, 0.29) is 11.8 Å². The van der Waals surface area contributed by atoms with Crippen molar-refractivity contribution < 1.29 is 14.6 Å². The molecule has 0 saturated carbocycles. The summed E-state index contributed by atoms with van der Waals surface area (Å²) >= 11 is 1.53. The fourth-order valence-corrected chi connectivity index (χ4v) is 2.99. The van der Waals surface area contributed by atoms with Gasteiger partial charge in [-0.25, -0.2) is 9.78 Å². The van der Waals surface area contributed by atoms with E-state index >= 15 is 0 Å². The van der Waals surface area contributed by atoms with Crippen molar-refractivity contribution in [2.45, 2.75) is 46.3 Å². The number of amides is 1. The molecule has 5 nitrogen and oxygen atoms in total. The van der Waals surface area contributed by atoms with Crippen LogP contribution in [0.5, 0.6) is 5.75 Å². The summed E-state index contributed by atoms with van der Waals surface area (Å²) in [5, 5.41) is 13.0. The van der Waals surface area contributed by atoms with Crippen molar-refractivity contribution >= 4 is 17.4 Å². The first-order valence-corrected chi connectivity index (χ1v) is 8.28. The normalized spacial score (nSPS) is 12.7. The van der Waals surface area contributed by atoms with Gasteiger partial charge in [-0.1, -0.05) is 12.1 Å². The van der Waals surface area contributed by atoms with Crippen LogP contribution in [-0.2, 0) is 4.74 Å². The topological polar surface area (TPSA) is 71.5 Å². The zero-order chi connectivity index (χ0) is 17.2. The van der Waals surface area contributed by atoms with Gasteiger partial charge in [-0.15, -0.1) is 11.3 Å². The number of rotatable bonds is 3. The Morgan fingerprint density at radius 3 is 2.61 bits per heavy atom. The van der Waals surface area contributed by atoms with Gasteiger partial charge >= 0.3 is 6.09 Å². The van der Waals surface area contributed by atoms with Gasteiger partial charge in [0.1, 0.15) is 11.4 Å². The molecule has 124 valence electrons. The molecule has 0 fully saturated rings. The number of carbonyl (C=O) groups is 1. The zero-order valence-electron chi connectivity index (χ0n) is 14.0. The van der Waals surface area contributed by atoms with Crippen LogP contribution in [0.25, 0.3) is 10.4 Å². The molecule has 6 heteroatoms. The third kappa shape index (κ3) is 4.45. The van der Waals surface area contributed by atoms with Crippen LogP contribution < -0.4 is 5.32 Å². The summed E-state index contributed by atoms with van der Waals surface area (Å²) in [4.78, 5) is 17.1. The number of phenols is 1. The van der Waals surface area contributed by atoms with Gasteiger partial charge in [0.05, 0.1) is 22.1 Å². The molecule has 1 heterocycles. The van der Waals surface area contributed by atoms with E-state index < -0.39 is 11.7 Å². The van der Waals surface area contributed by atoms with Crippen molar-refractivity contribution in [1.82, 2.24) is 10.3 Å². The number of thiazole rings is 1. The van der Waals surface area contributed by atoms with Crippen LogP contribution >= 0.6 is 11.3 Å². The number of aromatic hydroxyl groups is 1. The molecule has 0 aliphatic rings. The minimum atomic E-state index is -0.556. The van der Waals surface area contributed by atoms with E-state index in [0.717, 1.165) is 16.1 Å². The van der Waals surface area contributed by atoms with Gasteiger partial charge in [-0.05, 0) is 46.2 Å². The minimum Gasteiger partial charge on any atom is -0.508 e. The number of ether oxygens (including phenoxy) is 1. The van der Waals surface area contributed by atoms with E-state index in [1.165, 1.54) is 11.3 Å². The number of hydrogen-bond acceptors (Lipinski definition) is 5. The molecule has 0 aliphatic carbocycles. The van der Waals surface area contributed by atoms with Crippen molar-refractivity contribution in [3.05, 3.63) is 35.0 Å². The average Bonchev–Trinajstić information content (AvgIpc) is 2.82. The molecule has 2 aromatic rings. The smallest absolute Gasteiger partial charge is 0.408 e. The first-order valence-electron chi connectivity index (χ1n) is 7.40. The van der Waals surface area contributed by atoms with Crippen LogP contribution in [0, 0.1) is 6.92 Å². The number of alkyl carbamates (subject to hydrolysis) is 1. The second kappa shape index (κ2) is 6.58. The zero-order valence-corrected chi connectivity index (χ0v) is 14.8. The van der Waals surface area contributed by atoms with Gasteiger partial charge in [0.15, 0.2) is 0 Å². The number of benzene rings is 1. The molecule has 23 heavy (non-hydrogen) atoms. The fourth-order valence-electron chi connectivity index (χ4n) is 2.19. The van der Waals surface area contributed by atoms with Crippen LogP contribution in [0.2, 0.25) is 0 Å². The molecule has 2 rings (SSSR count). The van der Waals surface area contributed by atoms with Crippen molar-refractivity contribution in [1.29, 1.82) is 0 Å². The van der Waals surface area contributed by atoms with E-state index in [1.54, 1.807) is 39.3 Å². The second-order valence-corrected chi connectivity index (χ2v) is 7.26. The number of carbonyl (C=O) groups excluding carboxylic acids is 1. The van der Waals surface area contributed by atoms with Gasteiger partial charge in [0, 0.05) is 5.56 Å². The quantitative estimate of drug-likeness (QED) is 0.872. The maximum absolute atomic E-state index is 11.8. The Bertz CT molecular complexity index is 704. The van der Waals surface area contributed by atoms with Crippen LogP contribution in [0.1, 0.15) is 45.0 Å². The number of aromatic nitrogens is 1. The summed E-state index contributed by atoms with van der Waals surface area (Å²) in [6.07, 6.45) is -0.508. The van der Waals surface area contributed by atoms with E-state index in [9.17, 15) is 9.90 Å². The van der Waals surface area contributed by atoms with Crippen molar-refractivity contribution in [2.75, 3.05) is 0 Å². The Hall–Kier alpha value is -2.08. The highest BCUT2D eigenvalue weighted by Gasteiger charge is 2.20. The number of nitrogens with one attached hydrogen (secondary N) is 1. The van der Waals surface area contributed by atoms with Gasteiger partial charge in [0.25, 0.3) is 0 Å². The van der Waals surface area contributed by atoms with Gasteiger partial charge in [0.2, 0.25) is 0 Å². The molecule has 0 saturated heterocycles. The van der Waals surface area contributed by atoms with Crippen LogP contribution in [-0.4, -0.2) is 21.8 Å². The number of nitrogens with zero attached hydrogens (tertiary/aromatic N) is 1. The van der Waals surface area contributed by atoms with Crippen molar-refractivity contribution in [3.8, 4) is 16.2 Å². The lowest BCUT2D eigenvalue weighted by Crippen LogP contribution is -2.34. The Balaban J connectivity index is 2.14. The Kier molecular flexibility index (Phi) is 4.94. The molecule has 0 unspecified atom stereocenters. The fraction of sp³-hybridized carbons (Fsp3) is 0.412. The minimum absolute atomic E-state index is 0.138. The summed E-state index contributed by atoms with van der Waals surface area (Å²) in [7, 11) is 0. The maximum Gasteiger partial charge on any atom is 0.408 e. The first-order chi connectivity index (χ1) is 10.7. The van der Waals surface area contributed by atoms with Gasteiger partial charge in [-0.2, -0.15) is 0 Å². The first kappa shape index (κ1) is 17.3. The molecular formula is C17H22N2O3S. The average molecular weight is 334 g/mol. The SMILES string of the molecule is Cc1ncsc1-c1ccc([C@@H](C)NC(=O)OC(C)(C)C)c(O)c1. The summed E-state index contributed by atoms with van der Waals surface area (Å²) in [5.41, 5.74) is 3.71. The molecule has 1 amide bonds. The molecule has 0 aliphatic heterocycles. The van der Waals surface area contributed by atoms with Crippen molar-refractivity contribution in [2.24, 2.45) is 0 Å². The predicted molar refractivity (Wildman–Crippen MR) is 91.7 cm³/mol. The number of aryl methyl sites for hydroxylation is 1. The van der Waals surface area contributed by atoms with Gasteiger partial charge < -0.3 is 15.2 Å². The lowest BCUT2D eigenvalue weighted by atomic mass is 10.0. The molecule has 1 aromatic heterocycles. The summed E-state index contributed by atoms with van der Waals surface area (Å²) in [5.74, 6) is 0.138. The monoisotopic (exact) mass is 334 g/mol. The molecule has 0 bridgehead atoms. The molecule has 1 atom stereocenters. The van der Waals surface area contributed by atoms with E-state index in [4.69, 9.17) is 4.74 Å². The molecular weight excluding hydrogens is 312 g/mol. The Labute approximate surface area is 140 Å². The third-order valence-corrected chi connectivity index (χ3v) is 4.22. The van der Waals surface area contributed by atoms with E-state index in [1.807, 2.05) is 19.1 Å². The molecule has 0 spiro atoms. The molecule has 1 aromatic carbocycles. The Morgan fingerprint density at radius 2 is 2.09 bits per heavy atom. The third-order valence-electron chi connectivity index (χ3n) is 3.24. The van der Waals surface area contributed by atoms with Crippen LogP contribution in [0.3, 0.4) is 0 Å². The van der Waals surface area contributed by atoms with Gasteiger partial charge in [-0.3, -0.25) is 0 Å². The summed E-state index contributed by atoms with van der Waals surface area (Å²) in [6, 6.07) is 5.07. The predicted octanol–water partition coefficient (Wildman–Crippen LogP) is 4.41. The molecule has 0 radical (unpaired) electrons. The summed E-state index contributed by atoms with van der Waals surface area (Å²) < 4.78 is 5.23. The van der Waals surface area contributed by atoms with E-state index in [2.05, 4.69) is 10.3 Å². The van der Waals surface area contributed by atoms with Crippen LogP contribution in [0.4, 0.5) is 4.79 Å². The lowest BCUT2D eigenvalue weighted by Gasteiger charge is -2.22. The Morgan fingerprint density at radius 1 is 1.39 bits per heavy atom. The highest BCUT2D eigenvalue weighted by molar-refractivity contribution is 7.13. The number of hydrogen-bond donors (Lipinski definition) is 2. The molecule has 2 N–H and O–H groups in total. The maximum atomic E-state index is 11.8. The standard InChI is InChI=1S/C17H22N2O3S/c1-10(19-16(21)22-17(3,4)5)13-7-6-12(8-14(13)20)15-11(2)18-9-23-15/h6-10,20H,1-5H3,(H,19,21)/t10-/m1/s1. The number of phenolic OH excluding ortho intramolecular Hbond substituents is 1. The lowest BCUT2D eigenvalue weighted by molar-refractivity contribution is 0.0507. The largest absolute Gasteiger partial charge is 0.508 e. The highest BCUT2D eigenvalue weighted by Crippen LogP contribution is 2.33. The highest BCUT2D eigenvalue weighted by atomic mass is 32.1. The van der Waals surface area contributed by atoms with Crippen LogP contribution in [0.15, 0.2) is 23.7 Å². The summed E-state index contributed by atoms with van der Waals surface area (Å²) in [6.45, 7) is 9.16. The van der Waals surface area contributed by atoms with Crippen molar-refractivity contribution in [3.63, 3.8) is 0 Å². The van der Waals surface area contributed by atoms with E-state index in [0.29, 0.717) is 5.56 Å². The second-order valence-electron chi connectivity index (χ2n) is 6.41.